The Morgan fingerprint density at radius 3 is 2.92 bits per heavy atom. The van der Waals surface area contributed by atoms with Gasteiger partial charge in [0.2, 0.25) is 5.91 Å². The predicted molar refractivity (Wildman–Crippen MR) is 55.8 cm³/mol. The number of likely N-dealkylation sites (tertiary alicyclic amines) is 1. The van der Waals surface area contributed by atoms with Crippen molar-refractivity contribution in [1.82, 2.24) is 4.90 Å². The van der Waals surface area contributed by atoms with Crippen LogP contribution in [0.3, 0.4) is 0 Å². The molecule has 2 aliphatic rings. The normalized spacial score (nSPS) is 29.5. The molecule has 0 aromatic heterocycles. The van der Waals surface area contributed by atoms with E-state index in [9.17, 15) is 4.79 Å². The lowest BCUT2D eigenvalue weighted by atomic mass is 10.1. The third-order valence-electron chi connectivity index (χ3n) is 2.84. The molecule has 0 spiro atoms. The zero-order chi connectivity index (χ0) is 9.26. The summed E-state index contributed by atoms with van der Waals surface area (Å²) in [5.74, 6) is 2.51. The van der Waals surface area contributed by atoms with Gasteiger partial charge in [0, 0.05) is 13.6 Å². The lowest BCUT2D eigenvalue weighted by molar-refractivity contribution is -0.131. The number of piperidine rings is 1. The first-order chi connectivity index (χ1) is 6.27. The fourth-order valence-corrected chi connectivity index (χ4v) is 3.18. The molecule has 1 aliphatic carbocycles. The molecule has 1 amide bonds. The Balaban J connectivity index is 1.78. The Labute approximate surface area is 84.1 Å². The molecule has 0 bridgehead atoms. The zero-order valence-corrected chi connectivity index (χ0v) is 8.98. The zero-order valence-electron chi connectivity index (χ0n) is 8.16. The molecule has 1 aliphatic heterocycles. The molecule has 0 N–H and O–H groups in total. The maximum atomic E-state index is 11.7. The minimum atomic E-state index is 0.277. The van der Waals surface area contributed by atoms with Gasteiger partial charge in [0.25, 0.3) is 0 Å². The van der Waals surface area contributed by atoms with Gasteiger partial charge in [0.15, 0.2) is 0 Å². The van der Waals surface area contributed by atoms with Gasteiger partial charge in [0.1, 0.15) is 0 Å². The number of carbonyl (C=O) groups excluding carboxylic acids is 1. The summed E-state index contributed by atoms with van der Waals surface area (Å²) >= 11 is 1.89. The second kappa shape index (κ2) is 3.91. The van der Waals surface area contributed by atoms with Crippen LogP contribution in [0.25, 0.3) is 0 Å². The molecular weight excluding hydrogens is 182 g/mol. The molecule has 3 heteroatoms. The monoisotopic (exact) mass is 199 g/mol. The summed E-state index contributed by atoms with van der Waals surface area (Å²) in [4.78, 5) is 13.5. The number of hydrogen-bond donors (Lipinski definition) is 0. The van der Waals surface area contributed by atoms with Gasteiger partial charge in [-0.15, -0.1) is 11.8 Å². The van der Waals surface area contributed by atoms with Crippen LogP contribution in [0.2, 0.25) is 0 Å². The summed E-state index contributed by atoms with van der Waals surface area (Å²) in [6.45, 7) is 0.958. The second-order valence-electron chi connectivity index (χ2n) is 4.17. The van der Waals surface area contributed by atoms with Crippen molar-refractivity contribution in [2.24, 2.45) is 5.92 Å². The highest BCUT2D eigenvalue weighted by Crippen LogP contribution is 2.35. The van der Waals surface area contributed by atoms with Gasteiger partial charge < -0.3 is 4.90 Å². The molecule has 1 heterocycles. The summed E-state index contributed by atoms with van der Waals surface area (Å²) in [5.41, 5.74) is 0. The number of amides is 1. The van der Waals surface area contributed by atoms with Crippen molar-refractivity contribution < 1.29 is 4.79 Å². The average Bonchev–Trinajstić information content (AvgIpc) is 2.91. The predicted octanol–water partition coefficient (Wildman–Crippen LogP) is 1.75. The molecule has 1 atom stereocenters. The largest absolute Gasteiger partial charge is 0.345 e. The molecule has 0 aromatic carbocycles. The first-order valence-corrected chi connectivity index (χ1v) is 6.19. The number of hydrogen-bond acceptors (Lipinski definition) is 2. The summed E-state index contributed by atoms with van der Waals surface area (Å²) < 4.78 is 0. The van der Waals surface area contributed by atoms with Crippen LogP contribution in [0.15, 0.2) is 0 Å². The maximum Gasteiger partial charge on any atom is 0.235 e. The summed E-state index contributed by atoms with van der Waals surface area (Å²) in [6, 6.07) is 0. The second-order valence-corrected chi connectivity index (χ2v) is 5.40. The molecule has 2 rings (SSSR count). The summed E-state index contributed by atoms with van der Waals surface area (Å²) in [5, 5.41) is 0.277. The van der Waals surface area contributed by atoms with E-state index in [1.54, 1.807) is 0 Å². The van der Waals surface area contributed by atoms with E-state index in [2.05, 4.69) is 0 Å². The Morgan fingerprint density at radius 1 is 1.46 bits per heavy atom. The van der Waals surface area contributed by atoms with E-state index in [-0.39, 0.29) is 5.25 Å². The fourth-order valence-electron chi connectivity index (χ4n) is 1.68. The van der Waals surface area contributed by atoms with Gasteiger partial charge in [-0.05, 0) is 37.4 Å². The summed E-state index contributed by atoms with van der Waals surface area (Å²) in [7, 11) is 1.92. The number of carbonyl (C=O) groups is 1. The molecule has 2 fully saturated rings. The van der Waals surface area contributed by atoms with E-state index in [0.717, 1.165) is 18.9 Å². The Kier molecular flexibility index (Phi) is 2.82. The van der Waals surface area contributed by atoms with Crippen LogP contribution >= 0.6 is 11.8 Å². The summed E-state index contributed by atoms with van der Waals surface area (Å²) in [6.07, 6.45) is 5.07. The van der Waals surface area contributed by atoms with Crippen LogP contribution < -0.4 is 0 Å². The minimum absolute atomic E-state index is 0.277. The van der Waals surface area contributed by atoms with E-state index in [4.69, 9.17) is 0 Å². The van der Waals surface area contributed by atoms with Crippen LogP contribution in [0.4, 0.5) is 0 Å². The van der Waals surface area contributed by atoms with Crippen LogP contribution in [-0.4, -0.2) is 35.4 Å². The van der Waals surface area contributed by atoms with Crippen molar-refractivity contribution in [2.75, 3.05) is 19.3 Å². The first kappa shape index (κ1) is 9.38. The van der Waals surface area contributed by atoms with Gasteiger partial charge in [-0.2, -0.15) is 0 Å². The van der Waals surface area contributed by atoms with E-state index < -0.39 is 0 Å². The highest BCUT2D eigenvalue weighted by molar-refractivity contribution is 8.00. The van der Waals surface area contributed by atoms with Crippen molar-refractivity contribution in [3.8, 4) is 0 Å². The van der Waals surface area contributed by atoms with Crippen LogP contribution in [-0.2, 0) is 4.79 Å². The maximum absolute atomic E-state index is 11.7. The van der Waals surface area contributed by atoms with Crippen molar-refractivity contribution >= 4 is 17.7 Å². The van der Waals surface area contributed by atoms with Gasteiger partial charge in [-0.25, -0.2) is 0 Å². The van der Waals surface area contributed by atoms with Gasteiger partial charge in [-0.1, -0.05) is 0 Å². The van der Waals surface area contributed by atoms with Crippen LogP contribution in [0.5, 0.6) is 0 Å². The third kappa shape index (κ3) is 2.39. The smallest absolute Gasteiger partial charge is 0.235 e. The molecule has 1 saturated carbocycles. The lowest BCUT2D eigenvalue weighted by Gasteiger charge is -2.28. The third-order valence-corrected chi connectivity index (χ3v) is 4.35. The van der Waals surface area contributed by atoms with Crippen molar-refractivity contribution in [2.45, 2.75) is 30.9 Å². The van der Waals surface area contributed by atoms with E-state index in [0.29, 0.717) is 5.91 Å². The molecule has 0 aromatic rings. The molecule has 0 radical (unpaired) electrons. The Morgan fingerprint density at radius 2 is 2.23 bits per heavy atom. The standard InChI is InChI=1S/C10H17NOS/c1-11-6-2-3-9(10(11)12)13-7-8-4-5-8/h8-9H,2-7H2,1H3. The molecule has 1 saturated heterocycles. The first-order valence-electron chi connectivity index (χ1n) is 5.14. The molecule has 74 valence electrons. The fraction of sp³-hybridized carbons (Fsp3) is 0.900. The highest BCUT2D eigenvalue weighted by Gasteiger charge is 2.29. The van der Waals surface area contributed by atoms with Crippen molar-refractivity contribution in [3.63, 3.8) is 0 Å². The topological polar surface area (TPSA) is 20.3 Å². The Bertz CT molecular complexity index is 203. The molecule has 2 nitrogen and oxygen atoms in total. The van der Waals surface area contributed by atoms with E-state index >= 15 is 0 Å². The van der Waals surface area contributed by atoms with Gasteiger partial charge in [-0.3, -0.25) is 4.79 Å². The van der Waals surface area contributed by atoms with Crippen molar-refractivity contribution in [1.29, 1.82) is 0 Å². The van der Waals surface area contributed by atoms with E-state index in [1.165, 1.54) is 25.0 Å². The molecule has 1 unspecified atom stereocenters. The van der Waals surface area contributed by atoms with Gasteiger partial charge in [0.05, 0.1) is 5.25 Å². The number of thioether (sulfide) groups is 1. The SMILES string of the molecule is CN1CCCC(SCC2CC2)C1=O. The van der Waals surface area contributed by atoms with Gasteiger partial charge >= 0.3 is 0 Å². The highest BCUT2D eigenvalue weighted by atomic mass is 32.2. The number of rotatable bonds is 3. The lowest BCUT2D eigenvalue weighted by Crippen LogP contribution is -2.40. The van der Waals surface area contributed by atoms with Crippen molar-refractivity contribution in [3.05, 3.63) is 0 Å². The van der Waals surface area contributed by atoms with E-state index in [1.807, 2.05) is 23.7 Å². The molecular formula is C10H17NOS. The number of nitrogens with zero attached hydrogens (tertiary/aromatic N) is 1. The Hall–Kier alpha value is -0.180. The average molecular weight is 199 g/mol. The minimum Gasteiger partial charge on any atom is -0.345 e. The van der Waals surface area contributed by atoms with Crippen LogP contribution in [0.1, 0.15) is 25.7 Å². The quantitative estimate of drug-likeness (QED) is 0.690. The molecule has 13 heavy (non-hydrogen) atoms. The van der Waals surface area contributed by atoms with Crippen LogP contribution in [0, 0.1) is 5.92 Å².